The van der Waals surface area contributed by atoms with E-state index in [-0.39, 0.29) is 4.99 Å². The molecule has 0 unspecified atom stereocenters. The summed E-state index contributed by atoms with van der Waals surface area (Å²) in [4.78, 5) is 0.274. The molecule has 0 bridgehead atoms. The molecule has 0 radical (unpaired) electrons. The summed E-state index contributed by atoms with van der Waals surface area (Å²) in [6.07, 6.45) is 0. The number of hydrogen-bond donors (Lipinski definition) is 1. The van der Waals surface area contributed by atoms with E-state index in [0.717, 1.165) is 8.95 Å². The molecule has 2 nitrogen and oxygen atoms in total. The van der Waals surface area contributed by atoms with Gasteiger partial charge in [-0.05, 0) is 36.4 Å². The predicted molar refractivity (Wildman–Crippen MR) is 89.3 cm³/mol. The zero-order valence-corrected chi connectivity index (χ0v) is 14.2. The third-order valence-corrected chi connectivity index (χ3v) is 3.82. The Balaban J connectivity index is 2.42. The fraction of sp³-hybridized carbons (Fsp3) is 0. The van der Waals surface area contributed by atoms with E-state index in [1.54, 1.807) is 24.3 Å². The van der Waals surface area contributed by atoms with Gasteiger partial charge in [-0.1, -0.05) is 55.7 Å². The lowest BCUT2D eigenvalue weighted by molar-refractivity contribution is 0.481. The van der Waals surface area contributed by atoms with Gasteiger partial charge in [0.25, 0.3) is 0 Å². The molecule has 0 amide bonds. The normalized spacial score (nSPS) is 10.3. The van der Waals surface area contributed by atoms with Gasteiger partial charge >= 0.3 is 0 Å². The van der Waals surface area contributed by atoms with Crippen LogP contribution in [-0.4, -0.2) is 4.99 Å². The van der Waals surface area contributed by atoms with E-state index >= 15 is 0 Å². The summed E-state index contributed by atoms with van der Waals surface area (Å²) in [5, 5.41) is 0.503. The minimum Gasteiger partial charge on any atom is -0.455 e. The molecule has 0 saturated heterocycles. The second kappa shape index (κ2) is 6.22. The van der Waals surface area contributed by atoms with Crippen LogP contribution in [0.4, 0.5) is 0 Å². The zero-order valence-electron chi connectivity index (χ0n) is 9.49. The van der Waals surface area contributed by atoms with Gasteiger partial charge in [0.1, 0.15) is 16.5 Å². The molecule has 0 saturated carbocycles. The Labute approximate surface area is 138 Å². The molecule has 2 aromatic carbocycles. The molecule has 19 heavy (non-hydrogen) atoms. The van der Waals surface area contributed by atoms with Crippen molar-refractivity contribution in [1.29, 1.82) is 0 Å². The van der Waals surface area contributed by atoms with Crippen LogP contribution < -0.4 is 10.5 Å². The molecule has 0 aliphatic rings. The molecular formula is C13H8Br2ClNOS. The average molecular weight is 422 g/mol. The lowest BCUT2D eigenvalue weighted by Crippen LogP contribution is -2.10. The highest BCUT2D eigenvalue weighted by Crippen LogP contribution is 2.34. The van der Waals surface area contributed by atoms with E-state index in [4.69, 9.17) is 34.3 Å². The van der Waals surface area contributed by atoms with Gasteiger partial charge in [-0.15, -0.1) is 0 Å². The summed E-state index contributed by atoms with van der Waals surface area (Å²) >= 11 is 17.9. The lowest BCUT2D eigenvalue weighted by Gasteiger charge is -2.12. The van der Waals surface area contributed by atoms with Crippen molar-refractivity contribution in [3.8, 4) is 11.5 Å². The molecule has 2 N–H and O–H groups in total. The van der Waals surface area contributed by atoms with Crippen LogP contribution >= 0.6 is 55.7 Å². The number of thiocarbonyl (C=S) groups is 1. The number of nitrogens with two attached hydrogens (primary N) is 1. The molecule has 0 spiro atoms. The Bertz CT molecular complexity index is 649. The molecule has 6 heteroatoms. The Hall–Kier alpha value is -0.620. The average Bonchev–Trinajstić information content (AvgIpc) is 2.32. The van der Waals surface area contributed by atoms with Crippen molar-refractivity contribution < 1.29 is 4.74 Å². The maximum absolute atomic E-state index is 6.12. The number of ether oxygens (including phenoxy) is 1. The van der Waals surface area contributed by atoms with Crippen LogP contribution in [0.25, 0.3) is 0 Å². The van der Waals surface area contributed by atoms with E-state index in [1.807, 2.05) is 12.1 Å². The van der Waals surface area contributed by atoms with Crippen molar-refractivity contribution in [3.05, 3.63) is 55.9 Å². The minimum absolute atomic E-state index is 0.274. The Morgan fingerprint density at radius 3 is 2.32 bits per heavy atom. The highest BCUT2D eigenvalue weighted by molar-refractivity contribution is 9.10. The molecule has 0 aromatic heterocycles. The molecule has 0 aliphatic heterocycles. The van der Waals surface area contributed by atoms with Crippen LogP contribution in [0, 0.1) is 0 Å². The first kappa shape index (κ1) is 14.8. The van der Waals surface area contributed by atoms with Crippen molar-refractivity contribution in [3.63, 3.8) is 0 Å². The van der Waals surface area contributed by atoms with E-state index in [2.05, 4.69) is 31.9 Å². The second-order valence-corrected chi connectivity index (χ2v) is 6.36. The van der Waals surface area contributed by atoms with Crippen LogP contribution in [-0.2, 0) is 0 Å². The Kier molecular flexibility index (Phi) is 4.84. The SMILES string of the molecule is NC(=S)c1ccc(Br)cc1Oc1ccc(Br)cc1Cl. The van der Waals surface area contributed by atoms with Crippen molar-refractivity contribution in [2.45, 2.75) is 0 Å². The third-order valence-electron chi connectivity index (χ3n) is 2.32. The number of halogens is 3. The van der Waals surface area contributed by atoms with Crippen LogP contribution in [0.5, 0.6) is 11.5 Å². The van der Waals surface area contributed by atoms with Gasteiger partial charge in [-0.3, -0.25) is 0 Å². The van der Waals surface area contributed by atoms with E-state index in [1.165, 1.54) is 0 Å². The summed E-state index contributed by atoms with van der Waals surface area (Å²) in [6, 6.07) is 10.8. The lowest BCUT2D eigenvalue weighted by atomic mass is 10.2. The van der Waals surface area contributed by atoms with Gasteiger partial charge < -0.3 is 10.5 Å². The summed E-state index contributed by atoms with van der Waals surface area (Å²) in [6.45, 7) is 0. The maximum Gasteiger partial charge on any atom is 0.146 e. The molecule has 0 aliphatic carbocycles. The largest absolute Gasteiger partial charge is 0.455 e. The number of hydrogen-bond acceptors (Lipinski definition) is 2. The van der Waals surface area contributed by atoms with Crippen molar-refractivity contribution >= 4 is 60.7 Å². The maximum atomic E-state index is 6.12. The quantitative estimate of drug-likeness (QED) is 0.684. The van der Waals surface area contributed by atoms with Crippen LogP contribution in [0.15, 0.2) is 45.3 Å². The van der Waals surface area contributed by atoms with Crippen molar-refractivity contribution in [2.75, 3.05) is 0 Å². The van der Waals surface area contributed by atoms with Gasteiger partial charge in [0.2, 0.25) is 0 Å². The van der Waals surface area contributed by atoms with Crippen LogP contribution in [0.2, 0.25) is 5.02 Å². The van der Waals surface area contributed by atoms with Gasteiger partial charge in [-0.2, -0.15) is 0 Å². The first-order chi connectivity index (χ1) is 8.97. The van der Waals surface area contributed by atoms with Crippen LogP contribution in [0.3, 0.4) is 0 Å². The molecule has 2 rings (SSSR count). The fourth-order valence-electron chi connectivity index (χ4n) is 1.46. The smallest absolute Gasteiger partial charge is 0.146 e. The number of rotatable bonds is 3. The Morgan fingerprint density at radius 1 is 1.05 bits per heavy atom. The van der Waals surface area contributed by atoms with E-state index < -0.39 is 0 Å². The van der Waals surface area contributed by atoms with Gasteiger partial charge in [0, 0.05) is 8.95 Å². The molecular weight excluding hydrogens is 413 g/mol. The topological polar surface area (TPSA) is 35.2 Å². The summed E-state index contributed by atoms with van der Waals surface area (Å²) in [7, 11) is 0. The number of benzene rings is 2. The molecule has 0 heterocycles. The molecule has 2 aromatic rings. The molecule has 0 atom stereocenters. The first-order valence-corrected chi connectivity index (χ1v) is 7.57. The predicted octanol–water partition coefficient (Wildman–Crippen LogP) is 5.29. The highest BCUT2D eigenvalue weighted by Gasteiger charge is 2.10. The van der Waals surface area contributed by atoms with Crippen molar-refractivity contribution in [2.24, 2.45) is 5.73 Å². The fourth-order valence-corrected chi connectivity index (χ4v) is 2.68. The standard InChI is InChI=1S/C13H8Br2ClNOS/c14-7-2-4-11(10(16)5-7)18-12-6-8(15)1-3-9(12)13(17)19/h1-6H,(H2,17,19). The molecule has 98 valence electrons. The molecule has 0 fully saturated rings. The van der Waals surface area contributed by atoms with E-state index in [9.17, 15) is 0 Å². The first-order valence-electron chi connectivity index (χ1n) is 5.19. The van der Waals surface area contributed by atoms with Crippen LogP contribution in [0.1, 0.15) is 5.56 Å². The Morgan fingerprint density at radius 2 is 1.68 bits per heavy atom. The zero-order chi connectivity index (χ0) is 14.0. The monoisotopic (exact) mass is 419 g/mol. The summed E-state index contributed by atoms with van der Waals surface area (Å²) in [5.74, 6) is 1.10. The minimum atomic E-state index is 0.274. The summed E-state index contributed by atoms with van der Waals surface area (Å²) < 4.78 is 7.54. The van der Waals surface area contributed by atoms with E-state index in [0.29, 0.717) is 22.1 Å². The summed E-state index contributed by atoms with van der Waals surface area (Å²) in [5.41, 5.74) is 6.34. The highest BCUT2D eigenvalue weighted by atomic mass is 79.9. The second-order valence-electron chi connectivity index (χ2n) is 3.68. The van der Waals surface area contributed by atoms with Gasteiger partial charge in [0.05, 0.1) is 10.6 Å². The third kappa shape index (κ3) is 3.69. The van der Waals surface area contributed by atoms with Crippen molar-refractivity contribution in [1.82, 2.24) is 0 Å². The van der Waals surface area contributed by atoms with Gasteiger partial charge in [-0.25, -0.2) is 0 Å². The van der Waals surface area contributed by atoms with Gasteiger partial charge in [0.15, 0.2) is 0 Å².